The molecule has 0 aliphatic carbocycles. The first-order chi connectivity index (χ1) is 28.3. The molecule has 0 aromatic rings. The Labute approximate surface area is 363 Å². The first-order valence-corrected chi connectivity index (χ1v) is 28.6. The number of aliphatic hydroxyl groups is 1. The summed E-state index contributed by atoms with van der Waals surface area (Å²) in [6, 6.07) is 0. The zero-order chi connectivity index (χ0) is 42.6. The molecule has 2 unspecified atom stereocenters. The van der Waals surface area contributed by atoms with Gasteiger partial charge in [0.1, 0.15) is 6.29 Å². The highest BCUT2D eigenvalue weighted by molar-refractivity contribution is 6.64. The summed E-state index contributed by atoms with van der Waals surface area (Å²) in [6.45, 7) is 19.1. The van der Waals surface area contributed by atoms with E-state index < -0.39 is 8.56 Å². The summed E-state index contributed by atoms with van der Waals surface area (Å²) in [5, 5.41) is 9.42. The molecular weight excluding hydrogens is 739 g/mol. The molecular formula is C50H103NO6Si. The molecule has 0 rings (SSSR count). The van der Waals surface area contributed by atoms with Crippen LogP contribution in [-0.4, -0.2) is 76.9 Å². The smallest absolute Gasteiger partial charge is 0.333 e. The van der Waals surface area contributed by atoms with Gasteiger partial charge in [-0.05, 0) is 103 Å². The Bertz CT molecular complexity index is 832. The molecule has 0 aliphatic heterocycles. The lowest BCUT2D eigenvalue weighted by atomic mass is 9.94. The van der Waals surface area contributed by atoms with Gasteiger partial charge >= 0.3 is 14.5 Å². The van der Waals surface area contributed by atoms with Crippen molar-refractivity contribution in [2.75, 3.05) is 46.1 Å². The predicted octanol–water partition coefficient (Wildman–Crippen LogP) is 14.9. The summed E-state index contributed by atoms with van der Waals surface area (Å²) in [7, 11) is -2.27. The lowest BCUT2D eigenvalue weighted by molar-refractivity contribution is -0.149. The molecule has 0 spiro atoms. The lowest BCUT2D eigenvalue weighted by Gasteiger charge is -2.29. The van der Waals surface area contributed by atoms with E-state index in [1.807, 2.05) is 0 Å². The van der Waals surface area contributed by atoms with Crippen molar-refractivity contribution < 1.29 is 28.2 Å². The number of esters is 1. The number of carbonyl (C=O) groups excluding carboxylic acids is 1. The maximum absolute atomic E-state index is 13.0. The van der Waals surface area contributed by atoms with Gasteiger partial charge in [0.15, 0.2) is 0 Å². The maximum Gasteiger partial charge on any atom is 0.333 e. The maximum atomic E-state index is 13.0. The minimum Gasteiger partial charge on any atom is -0.465 e. The molecule has 0 radical (unpaired) electrons. The number of unbranched alkanes of at least 4 members (excludes halogenated alkanes) is 24. The fourth-order valence-corrected chi connectivity index (χ4v) is 9.40. The van der Waals surface area contributed by atoms with Crippen LogP contribution in [0.3, 0.4) is 0 Å². The van der Waals surface area contributed by atoms with Crippen molar-refractivity contribution in [3.63, 3.8) is 0 Å². The third kappa shape index (κ3) is 39.6. The highest BCUT2D eigenvalue weighted by Crippen LogP contribution is 2.22. The molecule has 1 N–H and O–H groups in total. The van der Waals surface area contributed by atoms with Crippen molar-refractivity contribution in [2.45, 2.75) is 265 Å². The molecule has 0 bridgehead atoms. The molecule has 348 valence electrons. The second-order valence-corrected chi connectivity index (χ2v) is 21.3. The molecule has 0 amide bonds. The van der Waals surface area contributed by atoms with E-state index in [-0.39, 0.29) is 24.8 Å². The second-order valence-electron chi connectivity index (χ2n) is 18.0. The highest BCUT2D eigenvalue weighted by Gasteiger charge is 2.29. The van der Waals surface area contributed by atoms with Gasteiger partial charge in [-0.15, -0.1) is 0 Å². The molecule has 0 heterocycles. The topological polar surface area (TPSA) is 77.5 Å². The Balaban J connectivity index is 4.68. The number of carbonyl (C=O) groups is 1. The van der Waals surface area contributed by atoms with Crippen molar-refractivity contribution in [1.29, 1.82) is 0 Å². The van der Waals surface area contributed by atoms with Crippen LogP contribution in [0, 0.1) is 5.92 Å². The van der Waals surface area contributed by atoms with Gasteiger partial charge in [-0.2, -0.15) is 0 Å². The Morgan fingerprint density at radius 1 is 0.483 bits per heavy atom. The normalized spacial score (nSPS) is 13.1. The molecule has 0 aromatic heterocycles. The van der Waals surface area contributed by atoms with Crippen LogP contribution in [-0.2, 0) is 23.1 Å². The molecule has 0 saturated heterocycles. The van der Waals surface area contributed by atoms with E-state index in [0.29, 0.717) is 6.61 Å². The number of rotatable bonds is 48. The van der Waals surface area contributed by atoms with Gasteiger partial charge in [0.25, 0.3) is 0 Å². The van der Waals surface area contributed by atoms with Crippen molar-refractivity contribution in [3.8, 4) is 0 Å². The van der Waals surface area contributed by atoms with Crippen LogP contribution >= 0.6 is 0 Å². The van der Waals surface area contributed by atoms with E-state index in [2.05, 4.69) is 45.7 Å². The largest absolute Gasteiger partial charge is 0.465 e. The Kier molecular flexibility index (Phi) is 44.1. The van der Waals surface area contributed by atoms with E-state index in [1.165, 1.54) is 141 Å². The monoisotopic (exact) mass is 842 g/mol. The molecule has 0 fully saturated rings. The van der Waals surface area contributed by atoms with Gasteiger partial charge in [0, 0.05) is 19.8 Å². The van der Waals surface area contributed by atoms with Gasteiger partial charge in [-0.25, -0.2) is 0 Å². The van der Waals surface area contributed by atoms with Gasteiger partial charge in [0.05, 0.1) is 12.5 Å². The van der Waals surface area contributed by atoms with E-state index in [0.717, 1.165) is 110 Å². The van der Waals surface area contributed by atoms with Gasteiger partial charge < -0.3 is 28.3 Å². The summed E-state index contributed by atoms with van der Waals surface area (Å²) in [5.74, 6) is 0.152. The average molecular weight is 842 g/mol. The summed E-state index contributed by atoms with van der Waals surface area (Å²) in [5.41, 5.74) is 0. The van der Waals surface area contributed by atoms with Crippen LogP contribution in [0.1, 0.15) is 246 Å². The summed E-state index contributed by atoms with van der Waals surface area (Å²) in [4.78, 5) is 15.6. The number of hydrogen-bond acceptors (Lipinski definition) is 7. The Morgan fingerprint density at radius 2 is 0.879 bits per heavy atom. The minimum atomic E-state index is -2.27. The fourth-order valence-electron chi connectivity index (χ4n) is 7.88. The first kappa shape index (κ1) is 57.5. The van der Waals surface area contributed by atoms with Crippen LogP contribution < -0.4 is 0 Å². The molecule has 8 heteroatoms. The Hall–Kier alpha value is -0.513. The van der Waals surface area contributed by atoms with Crippen LogP contribution in [0.25, 0.3) is 0 Å². The van der Waals surface area contributed by atoms with Crippen molar-refractivity contribution in [3.05, 3.63) is 0 Å². The summed E-state index contributed by atoms with van der Waals surface area (Å²) in [6.07, 6.45) is 40.2. The zero-order valence-electron chi connectivity index (χ0n) is 40.1. The third-order valence-corrected chi connectivity index (χ3v) is 13.4. The second kappa shape index (κ2) is 44.5. The summed E-state index contributed by atoms with van der Waals surface area (Å²) >= 11 is 0. The number of hydrogen-bond donors (Lipinski definition) is 1. The van der Waals surface area contributed by atoms with Crippen molar-refractivity contribution in [1.82, 2.24) is 4.90 Å². The standard InChI is InChI=1S/C50H103NO6Si/c1-7-11-15-19-22-29-39-48(38-28-18-14-10-4)50(53)55-46-36-26-23-31-41-51(43-33-34-44-52)42-32-27-30-40-49(54-45-35-24-20-16-12-8-2)57-58(5,6)56-47-37-25-21-17-13-9-3/h48-49,52H,7-47H2,1-6H3. The first-order valence-electron chi connectivity index (χ1n) is 25.8. The van der Waals surface area contributed by atoms with Gasteiger partial charge in [-0.3, -0.25) is 4.79 Å². The van der Waals surface area contributed by atoms with E-state index in [1.54, 1.807) is 0 Å². The quantitative estimate of drug-likeness (QED) is 0.0283. The lowest BCUT2D eigenvalue weighted by Crippen LogP contribution is -2.40. The highest BCUT2D eigenvalue weighted by atomic mass is 28.4. The Morgan fingerprint density at radius 3 is 1.41 bits per heavy atom. The minimum absolute atomic E-state index is 0.0602. The van der Waals surface area contributed by atoms with Gasteiger partial charge in [0.2, 0.25) is 0 Å². The van der Waals surface area contributed by atoms with Crippen LogP contribution in [0.4, 0.5) is 0 Å². The van der Waals surface area contributed by atoms with Crippen molar-refractivity contribution >= 4 is 14.5 Å². The van der Waals surface area contributed by atoms with E-state index >= 15 is 0 Å². The van der Waals surface area contributed by atoms with E-state index in [9.17, 15) is 9.90 Å². The number of ether oxygens (including phenoxy) is 2. The SMILES string of the molecule is CCCCCCCCOC(CCCCCN(CCCCO)CCCCCCOC(=O)C(CCCCCC)CCCCCCCC)O[Si](C)(C)OCCCCCCCC. The van der Waals surface area contributed by atoms with Crippen LogP contribution in [0.2, 0.25) is 13.1 Å². The summed E-state index contributed by atoms with van der Waals surface area (Å²) < 4.78 is 25.2. The number of nitrogens with zero attached hydrogens (tertiary/aromatic N) is 1. The van der Waals surface area contributed by atoms with Crippen LogP contribution in [0.15, 0.2) is 0 Å². The third-order valence-electron chi connectivity index (χ3n) is 11.7. The molecule has 7 nitrogen and oxygen atoms in total. The van der Waals surface area contributed by atoms with E-state index in [4.69, 9.17) is 18.3 Å². The predicted molar refractivity (Wildman–Crippen MR) is 252 cm³/mol. The number of aliphatic hydroxyl groups excluding tert-OH is 1. The average Bonchev–Trinajstić information content (AvgIpc) is 3.21. The molecule has 0 aliphatic rings. The zero-order valence-corrected chi connectivity index (χ0v) is 41.1. The fraction of sp³-hybridized carbons (Fsp3) is 0.980. The molecule has 0 aromatic carbocycles. The molecule has 2 atom stereocenters. The molecule has 58 heavy (non-hydrogen) atoms. The van der Waals surface area contributed by atoms with Crippen molar-refractivity contribution in [2.24, 2.45) is 5.92 Å². The van der Waals surface area contributed by atoms with Gasteiger partial charge in [-0.1, -0.05) is 175 Å². The molecule has 0 saturated carbocycles. The van der Waals surface area contributed by atoms with Crippen LogP contribution in [0.5, 0.6) is 0 Å².